The first-order valence-electron chi connectivity index (χ1n) is 1.68. The average Bonchev–Trinajstić information content (AvgIpc) is 1.41. The van der Waals surface area contributed by atoms with Crippen molar-refractivity contribution < 1.29 is 10.1 Å². The van der Waals surface area contributed by atoms with Gasteiger partial charge in [0.15, 0.2) is 0 Å². The third-order valence-electron chi connectivity index (χ3n) is 0.295. The molecule has 0 aromatic carbocycles. The Hall–Kier alpha value is -1.08. The molecule has 3 heteroatoms. The SMILES string of the molecule is CCCOO.[Rf]. The maximum absolute atomic E-state index is 7.57. The van der Waals surface area contributed by atoms with E-state index >= 15 is 0 Å². The molecule has 0 spiro atoms. The van der Waals surface area contributed by atoms with Crippen LogP contribution in [0.15, 0.2) is 0 Å². The number of rotatable bonds is 2. The average molecular weight is 343 g/mol. The molecule has 0 aliphatic rings. The molecular formula is C3H8O2Rf. The van der Waals surface area contributed by atoms with E-state index in [4.69, 9.17) is 5.26 Å². The van der Waals surface area contributed by atoms with E-state index < -0.39 is 0 Å². The van der Waals surface area contributed by atoms with Gasteiger partial charge in [0.25, 0.3) is 0 Å². The van der Waals surface area contributed by atoms with Gasteiger partial charge in [-0.05, 0) is 6.42 Å². The van der Waals surface area contributed by atoms with Crippen molar-refractivity contribution in [2.45, 2.75) is 13.3 Å². The Morgan fingerprint density at radius 1 is 1.67 bits per heavy atom. The van der Waals surface area contributed by atoms with E-state index in [0.29, 0.717) is 6.61 Å². The maximum Gasteiger partial charge on any atom is 0.0817 e. The van der Waals surface area contributed by atoms with Gasteiger partial charge in [-0.3, -0.25) is 5.26 Å². The molecule has 0 aliphatic heterocycles. The third kappa shape index (κ3) is 12.7. The van der Waals surface area contributed by atoms with Gasteiger partial charge in [0, 0.05) is 0 Å². The van der Waals surface area contributed by atoms with Gasteiger partial charge in [0.05, 0.1) is 6.61 Å². The summed E-state index contributed by atoms with van der Waals surface area (Å²) in [7, 11) is 0. The first-order valence-corrected chi connectivity index (χ1v) is 1.68. The van der Waals surface area contributed by atoms with Gasteiger partial charge in [0.2, 0.25) is 0 Å². The summed E-state index contributed by atoms with van der Waals surface area (Å²) in [5, 5.41) is 7.57. The molecule has 0 aromatic heterocycles. The zero-order valence-corrected chi connectivity index (χ0v) is 10.4. The second kappa shape index (κ2) is 9.07. The summed E-state index contributed by atoms with van der Waals surface area (Å²) in [5.74, 6) is 0. The molecule has 0 aromatic rings. The summed E-state index contributed by atoms with van der Waals surface area (Å²) >= 11 is 0. The Bertz CT molecular complexity index is 16.3. The molecule has 0 aliphatic carbocycles. The van der Waals surface area contributed by atoms with Crippen LogP contribution in [-0.4, -0.2) is 11.9 Å². The Morgan fingerprint density at radius 3 is 2.17 bits per heavy atom. The Balaban J connectivity index is 0. The molecule has 0 rings (SSSR count). The Kier molecular flexibility index (Phi) is 13.4. The van der Waals surface area contributed by atoms with Gasteiger partial charge in [-0.2, -0.15) is 0 Å². The van der Waals surface area contributed by atoms with E-state index in [-0.39, 0.29) is 0 Å². The smallest absolute Gasteiger partial charge is 0.0817 e. The van der Waals surface area contributed by atoms with Gasteiger partial charge >= 0.3 is 0 Å². The molecule has 0 atom stereocenters. The zero-order valence-electron chi connectivity index (χ0n) is 3.98. The molecule has 34 valence electrons. The molecule has 0 bridgehead atoms. The predicted molar refractivity (Wildman–Crippen MR) is 18.9 cm³/mol. The molecule has 0 heterocycles. The minimum atomic E-state index is 0. The zero-order chi connectivity index (χ0) is 4.12. The molecular weight excluding hydrogens is 335 g/mol. The molecule has 1 N–H and O–H groups in total. The Labute approximate surface area is 31.3 Å². The molecule has 0 saturated carbocycles. The maximum atomic E-state index is 7.57. The van der Waals surface area contributed by atoms with Crippen LogP contribution in [0, 0.1) is 0 Å². The van der Waals surface area contributed by atoms with Crippen molar-refractivity contribution in [3.63, 3.8) is 0 Å². The van der Waals surface area contributed by atoms with Crippen LogP contribution >= 0.6 is 0 Å². The fourth-order valence-electron chi connectivity index (χ4n) is 0.0913. The van der Waals surface area contributed by atoms with Crippen LogP contribution in [-0.2, 0) is 4.89 Å². The molecule has 0 fully saturated rings. The minimum Gasteiger partial charge on any atom is -0.252 e. The predicted octanol–water partition coefficient (Wildman–Crippen LogP) is 0.886. The largest absolute Gasteiger partial charge is 0.252 e. The molecule has 0 radical (unpaired) electrons. The molecule has 6 heavy (non-hydrogen) atoms. The quantitative estimate of drug-likeness (QED) is 0.596. The first kappa shape index (κ1) is 8.87. The van der Waals surface area contributed by atoms with Crippen LogP contribution in [0.1, 0.15) is 13.3 Å². The van der Waals surface area contributed by atoms with Crippen molar-refractivity contribution in [2.75, 3.05) is 6.61 Å². The fraction of sp³-hybridized carbons (Fsp3) is 1.00. The van der Waals surface area contributed by atoms with E-state index in [1.807, 2.05) is 6.92 Å². The van der Waals surface area contributed by atoms with Crippen molar-refractivity contribution in [1.29, 1.82) is 0 Å². The van der Waals surface area contributed by atoms with Crippen LogP contribution in [0.3, 0.4) is 0 Å². The van der Waals surface area contributed by atoms with E-state index in [1.165, 1.54) is 0 Å². The van der Waals surface area contributed by atoms with Gasteiger partial charge in [-0.25, -0.2) is 4.89 Å². The van der Waals surface area contributed by atoms with E-state index in [0.717, 1.165) is 6.42 Å². The normalized spacial score (nSPS) is 7.00. The standard InChI is InChI=1S/C3H8O2.Rf/c1-2-3-5-4;/h4H,2-3H2,1H3;. The second-order valence-corrected chi connectivity index (χ2v) is 0.833. The van der Waals surface area contributed by atoms with Crippen LogP contribution in [0.2, 0.25) is 0 Å². The van der Waals surface area contributed by atoms with Gasteiger partial charge < -0.3 is 0 Å². The summed E-state index contributed by atoms with van der Waals surface area (Å²) in [4.78, 5) is 3.69. The third-order valence-corrected chi connectivity index (χ3v) is 0.295. The van der Waals surface area contributed by atoms with Crippen LogP contribution in [0.25, 0.3) is 0 Å². The van der Waals surface area contributed by atoms with E-state index in [1.54, 1.807) is 0 Å². The van der Waals surface area contributed by atoms with Crippen LogP contribution in [0.5, 0.6) is 0 Å². The molecule has 0 unspecified atom stereocenters. The summed E-state index contributed by atoms with van der Waals surface area (Å²) < 4.78 is 0. The fourth-order valence-corrected chi connectivity index (χ4v) is 0.0913. The summed E-state index contributed by atoms with van der Waals surface area (Å²) in [5.41, 5.74) is 0. The summed E-state index contributed by atoms with van der Waals surface area (Å²) in [6.07, 6.45) is 0.872. The minimum absolute atomic E-state index is 0. The monoisotopic (exact) mass is 343 g/mol. The molecule has 0 saturated heterocycles. The van der Waals surface area contributed by atoms with Crippen molar-refractivity contribution >= 4 is 0 Å². The van der Waals surface area contributed by atoms with Crippen LogP contribution in [0.4, 0.5) is 0 Å². The van der Waals surface area contributed by atoms with E-state index in [2.05, 4.69) is 4.89 Å². The Morgan fingerprint density at radius 2 is 2.17 bits per heavy atom. The topological polar surface area (TPSA) is 29.5 Å². The van der Waals surface area contributed by atoms with Gasteiger partial charge in [0.1, 0.15) is 0 Å². The van der Waals surface area contributed by atoms with E-state index in [9.17, 15) is 0 Å². The van der Waals surface area contributed by atoms with Crippen molar-refractivity contribution in [1.82, 2.24) is 0 Å². The first-order chi connectivity index (χ1) is 2.41. The molecule has 2 nitrogen and oxygen atoms in total. The van der Waals surface area contributed by atoms with Crippen LogP contribution < -0.4 is 0 Å². The second-order valence-electron chi connectivity index (χ2n) is 0.833. The van der Waals surface area contributed by atoms with Crippen molar-refractivity contribution in [3.05, 3.63) is 0 Å². The van der Waals surface area contributed by atoms with Crippen molar-refractivity contribution in [2.24, 2.45) is 0 Å². The van der Waals surface area contributed by atoms with Gasteiger partial charge in [-0.1, -0.05) is 6.92 Å². The van der Waals surface area contributed by atoms with Crippen molar-refractivity contribution in [3.8, 4) is 0 Å². The molecule has 0 amide bonds. The number of hydrogen-bond acceptors (Lipinski definition) is 2. The summed E-state index contributed by atoms with van der Waals surface area (Å²) in [6, 6.07) is 0. The van der Waals surface area contributed by atoms with Gasteiger partial charge in [-0.15, -0.1) is 0 Å². The summed E-state index contributed by atoms with van der Waals surface area (Å²) in [6.45, 7) is 2.37. The number of hydrogen-bond donors (Lipinski definition) is 1.